The van der Waals surface area contributed by atoms with Crippen molar-refractivity contribution in [2.24, 2.45) is 5.73 Å². The van der Waals surface area contributed by atoms with Gasteiger partial charge in [0.1, 0.15) is 0 Å². The zero-order valence-electron chi connectivity index (χ0n) is 14.3. The van der Waals surface area contributed by atoms with E-state index in [1.807, 2.05) is 13.0 Å². The molecule has 0 radical (unpaired) electrons. The van der Waals surface area contributed by atoms with Crippen molar-refractivity contribution in [2.75, 3.05) is 6.54 Å². The number of aryl methyl sites for hydroxylation is 2. The van der Waals surface area contributed by atoms with Crippen LogP contribution >= 0.6 is 12.4 Å². The van der Waals surface area contributed by atoms with Gasteiger partial charge in [-0.2, -0.15) is 4.98 Å². The second kappa shape index (κ2) is 7.41. The Morgan fingerprint density at radius 2 is 2.04 bits per heavy atom. The number of nitrogens with zero attached hydrogens (tertiary/aromatic N) is 2. The number of hydrogen-bond acceptors (Lipinski definition) is 6. The highest BCUT2D eigenvalue weighted by atomic mass is 35.5. The van der Waals surface area contributed by atoms with E-state index in [0.29, 0.717) is 28.6 Å². The predicted molar refractivity (Wildman–Crippen MR) is 96.1 cm³/mol. The van der Waals surface area contributed by atoms with E-state index in [2.05, 4.69) is 14.9 Å². The van der Waals surface area contributed by atoms with Crippen LogP contribution in [0.4, 0.5) is 0 Å². The first-order valence-electron chi connectivity index (χ1n) is 7.99. The Morgan fingerprint density at radius 3 is 2.68 bits per heavy atom. The number of nitrogens with one attached hydrogen (secondary N) is 1. The highest BCUT2D eigenvalue weighted by Crippen LogP contribution is 2.36. The summed E-state index contributed by atoms with van der Waals surface area (Å²) in [7, 11) is -3.56. The molecule has 1 fully saturated rings. The molecule has 138 valence electrons. The van der Waals surface area contributed by atoms with Gasteiger partial charge in [0.05, 0.1) is 10.4 Å². The van der Waals surface area contributed by atoms with Gasteiger partial charge in [-0.1, -0.05) is 17.3 Å². The molecule has 1 aromatic heterocycles. The van der Waals surface area contributed by atoms with Crippen molar-refractivity contribution in [2.45, 2.75) is 50.0 Å². The van der Waals surface area contributed by atoms with Crippen LogP contribution in [0.25, 0.3) is 0 Å². The summed E-state index contributed by atoms with van der Waals surface area (Å²) in [4.78, 5) is 4.59. The molecule has 1 aliphatic carbocycles. The van der Waals surface area contributed by atoms with Crippen LogP contribution in [0.2, 0.25) is 0 Å². The van der Waals surface area contributed by atoms with Crippen molar-refractivity contribution in [1.29, 1.82) is 0 Å². The molecule has 1 aromatic carbocycles. The lowest BCUT2D eigenvalue weighted by molar-refractivity contribution is 0.229. The summed E-state index contributed by atoms with van der Waals surface area (Å²) >= 11 is 0. The van der Waals surface area contributed by atoms with E-state index in [0.717, 1.165) is 24.8 Å². The molecule has 0 bridgehead atoms. The average Bonchev–Trinajstić information content (AvgIpc) is 2.96. The fraction of sp³-hybridized carbons (Fsp3) is 0.500. The van der Waals surface area contributed by atoms with Gasteiger partial charge < -0.3 is 10.3 Å². The highest BCUT2D eigenvalue weighted by molar-refractivity contribution is 7.89. The second-order valence-corrected chi connectivity index (χ2v) is 8.17. The zero-order chi connectivity index (χ0) is 17.4. The standard InChI is InChI=1S/C16H22N4O3S.ClH/c1-11-4-5-12(2)13(10-11)24(21,22)18-9-6-14-19-15(20-23-14)16(17)7-3-8-16;/h4-5,10,18H,3,6-9,17H2,1-2H3;1H. The molecule has 3 rings (SSSR count). The number of aromatic nitrogens is 2. The van der Waals surface area contributed by atoms with E-state index in [1.54, 1.807) is 19.1 Å². The zero-order valence-corrected chi connectivity index (χ0v) is 15.9. The lowest BCUT2D eigenvalue weighted by atomic mass is 9.77. The van der Waals surface area contributed by atoms with Crippen molar-refractivity contribution in [1.82, 2.24) is 14.9 Å². The molecule has 0 unspecified atom stereocenters. The molecular weight excluding hydrogens is 364 g/mol. The minimum atomic E-state index is -3.56. The van der Waals surface area contributed by atoms with Gasteiger partial charge in [-0.05, 0) is 50.3 Å². The highest BCUT2D eigenvalue weighted by Gasteiger charge is 2.38. The van der Waals surface area contributed by atoms with Crippen LogP contribution in [0, 0.1) is 13.8 Å². The average molecular weight is 387 g/mol. The molecule has 25 heavy (non-hydrogen) atoms. The van der Waals surface area contributed by atoms with Gasteiger partial charge in [0, 0.05) is 13.0 Å². The quantitative estimate of drug-likeness (QED) is 0.785. The van der Waals surface area contributed by atoms with E-state index in [1.165, 1.54) is 0 Å². The third kappa shape index (κ3) is 4.20. The smallest absolute Gasteiger partial charge is 0.240 e. The molecule has 0 aliphatic heterocycles. The van der Waals surface area contributed by atoms with E-state index in [4.69, 9.17) is 10.3 Å². The maximum Gasteiger partial charge on any atom is 0.240 e. The summed E-state index contributed by atoms with van der Waals surface area (Å²) in [6.07, 6.45) is 3.10. The molecule has 1 aliphatic rings. The van der Waals surface area contributed by atoms with Crippen molar-refractivity contribution in [3.63, 3.8) is 0 Å². The Morgan fingerprint density at radius 1 is 1.32 bits per heavy atom. The topological polar surface area (TPSA) is 111 Å². The van der Waals surface area contributed by atoms with Gasteiger partial charge in [0.2, 0.25) is 15.9 Å². The minimum absolute atomic E-state index is 0. The molecule has 9 heteroatoms. The molecule has 0 atom stereocenters. The SMILES string of the molecule is Cc1ccc(C)c(S(=O)(=O)NCCc2nc(C3(N)CCC3)no2)c1.Cl. The van der Waals surface area contributed by atoms with Crippen molar-refractivity contribution >= 4 is 22.4 Å². The van der Waals surface area contributed by atoms with Gasteiger partial charge in [-0.25, -0.2) is 13.1 Å². The molecule has 0 spiro atoms. The van der Waals surface area contributed by atoms with E-state index in [9.17, 15) is 8.42 Å². The summed E-state index contributed by atoms with van der Waals surface area (Å²) in [5.41, 5.74) is 7.28. The van der Waals surface area contributed by atoms with Crippen molar-refractivity contribution < 1.29 is 12.9 Å². The molecule has 0 saturated heterocycles. The van der Waals surface area contributed by atoms with Gasteiger partial charge in [-0.15, -0.1) is 12.4 Å². The Kier molecular flexibility index (Phi) is 5.88. The number of sulfonamides is 1. The van der Waals surface area contributed by atoms with E-state index in [-0.39, 0.29) is 19.0 Å². The summed E-state index contributed by atoms with van der Waals surface area (Å²) in [5.74, 6) is 0.909. The van der Waals surface area contributed by atoms with Crippen LogP contribution in [0.1, 0.15) is 42.1 Å². The number of rotatable bonds is 6. The van der Waals surface area contributed by atoms with Crippen LogP contribution in [0.3, 0.4) is 0 Å². The summed E-state index contributed by atoms with van der Waals surface area (Å²) in [6.45, 7) is 3.83. The van der Waals surface area contributed by atoms with Crippen LogP contribution in [0.5, 0.6) is 0 Å². The van der Waals surface area contributed by atoms with Crippen LogP contribution < -0.4 is 10.5 Å². The first kappa shape index (κ1) is 19.8. The fourth-order valence-corrected chi connectivity index (χ4v) is 4.07. The Labute approximate surface area is 153 Å². The maximum atomic E-state index is 12.4. The van der Waals surface area contributed by atoms with Crippen molar-refractivity contribution in [3.8, 4) is 0 Å². The molecule has 2 aromatic rings. The summed E-state index contributed by atoms with van der Waals surface area (Å²) in [6, 6.07) is 5.35. The van der Waals surface area contributed by atoms with Gasteiger partial charge in [-0.3, -0.25) is 0 Å². The summed E-state index contributed by atoms with van der Waals surface area (Å²) < 4.78 is 32.6. The Bertz CT molecular complexity index is 847. The van der Waals surface area contributed by atoms with Gasteiger partial charge in [0.25, 0.3) is 0 Å². The minimum Gasteiger partial charge on any atom is -0.339 e. The molecule has 1 saturated carbocycles. The number of hydrogen-bond donors (Lipinski definition) is 2. The largest absolute Gasteiger partial charge is 0.339 e. The lowest BCUT2D eigenvalue weighted by Gasteiger charge is -2.34. The third-order valence-corrected chi connectivity index (χ3v) is 6.03. The molecule has 7 nitrogen and oxygen atoms in total. The first-order valence-corrected chi connectivity index (χ1v) is 9.47. The summed E-state index contributed by atoms with van der Waals surface area (Å²) in [5, 5.41) is 3.92. The monoisotopic (exact) mass is 386 g/mol. The normalized spacial score (nSPS) is 16.1. The van der Waals surface area contributed by atoms with Crippen LogP contribution in [-0.2, 0) is 22.0 Å². The van der Waals surface area contributed by atoms with Gasteiger partial charge >= 0.3 is 0 Å². The number of halogens is 1. The molecule has 3 N–H and O–H groups in total. The Hall–Kier alpha value is -1.48. The predicted octanol–water partition coefficient (Wildman–Crippen LogP) is 1.97. The van der Waals surface area contributed by atoms with Gasteiger partial charge in [0.15, 0.2) is 5.82 Å². The van der Waals surface area contributed by atoms with Crippen LogP contribution in [0.15, 0.2) is 27.6 Å². The Balaban J connectivity index is 0.00000225. The fourth-order valence-electron chi connectivity index (χ4n) is 2.71. The van der Waals surface area contributed by atoms with Crippen molar-refractivity contribution in [3.05, 3.63) is 41.0 Å². The van der Waals surface area contributed by atoms with E-state index >= 15 is 0 Å². The maximum absolute atomic E-state index is 12.4. The number of nitrogens with two attached hydrogens (primary N) is 1. The third-order valence-electron chi connectivity index (χ3n) is 4.42. The lowest BCUT2D eigenvalue weighted by Crippen LogP contribution is -2.44. The first-order chi connectivity index (χ1) is 11.3. The molecule has 1 heterocycles. The second-order valence-electron chi connectivity index (χ2n) is 6.44. The van der Waals surface area contributed by atoms with E-state index < -0.39 is 15.6 Å². The molecule has 0 amide bonds. The molecular formula is C16H23ClN4O3S. The number of benzene rings is 1. The van der Waals surface area contributed by atoms with Crippen LogP contribution in [-0.4, -0.2) is 25.1 Å².